The largest absolute Gasteiger partial charge is 0.508 e. The van der Waals surface area contributed by atoms with Gasteiger partial charge in [-0.2, -0.15) is 0 Å². The van der Waals surface area contributed by atoms with Gasteiger partial charge in [0.05, 0.1) is 12.5 Å². The molecule has 3 rings (SSSR count). The Hall–Kier alpha value is -4.91. The lowest BCUT2D eigenvalue weighted by Crippen LogP contribution is -2.58. The number of amides is 3. The number of aromatic hydroxyl groups is 1. The Kier molecular flexibility index (Phi) is 10.6. The molecule has 0 bridgehead atoms. The van der Waals surface area contributed by atoms with Crippen LogP contribution in [0.1, 0.15) is 31.4 Å². The van der Waals surface area contributed by atoms with Crippen molar-refractivity contribution in [3.63, 3.8) is 0 Å². The summed E-state index contributed by atoms with van der Waals surface area (Å²) in [6.45, 7) is 3.38. The zero-order valence-corrected chi connectivity index (χ0v) is 23.2. The number of fused-ring (bicyclic) bond motifs is 1. The minimum atomic E-state index is -1.55. The molecule has 0 radical (unpaired) electrons. The molecular formula is C29H35N5O8. The first-order chi connectivity index (χ1) is 19.8. The highest BCUT2D eigenvalue weighted by Gasteiger charge is 2.32. The van der Waals surface area contributed by atoms with Crippen molar-refractivity contribution in [2.45, 2.75) is 57.3 Å². The molecule has 9 N–H and O–H groups in total. The number of carbonyl (C=O) groups is 5. The Morgan fingerprint density at radius 1 is 0.810 bits per heavy atom. The predicted octanol–water partition coefficient (Wildman–Crippen LogP) is 0.656. The fourth-order valence-corrected chi connectivity index (χ4v) is 4.30. The van der Waals surface area contributed by atoms with Crippen molar-refractivity contribution in [2.24, 2.45) is 11.7 Å². The van der Waals surface area contributed by atoms with E-state index < -0.39 is 60.2 Å². The van der Waals surface area contributed by atoms with Gasteiger partial charge in [0.2, 0.25) is 17.7 Å². The number of benzene rings is 2. The second-order valence-corrected chi connectivity index (χ2v) is 10.3. The van der Waals surface area contributed by atoms with Crippen LogP contribution in [0, 0.1) is 5.92 Å². The molecular weight excluding hydrogens is 546 g/mol. The number of nitrogens with one attached hydrogen (secondary N) is 4. The first-order valence-corrected chi connectivity index (χ1v) is 13.3. The molecule has 13 heteroatoms. The minimum Gasteiger partial charge on any atom is -0.508 e. The standard InChI is InChI=1S/C29H35N5O8/c1-15(2)25(30)28(40)33-22(13-24(36)37)27(39)32-21(12-17-14-31-20-6-4-3-5-19(17)20)26(38)34-23(29(41)42)11-16-7-9-18(35)10-8-16/h3-10,14-15,21-23,25,31,35H,11-13,30H2,1-2H3,(H,32,39)(H,33,40)(H,34,38)(H,36,37)(H,41,42). The van der Waals surface area contributed by atoms with Gasteiger partial charge in [-0.05, 0) is 35.2 Å². The molecule has 0 fully saturated rings. The normalized spacial score (nSPS) is 14.0. The number of phenols is 1. The summed E-state index contributed by atoms with van der Waals surface area (Å²) in [5.74, 6) is -5.51. The van der Waals surface area contributed by atoms with Crippen LogP contribution in [0.4, 0.5) is 0 Å². The van der Waals surface area contributed by atoms with Crippen molar-refractivity contribution >= 4 is 40.6 Å². The van der Waals surface area contributed by atoms with Crippen molar-refractivity contribution in [3.8, 4) is 5.75 Å². The summed E-state index contributed by atoms with van der Waals surface area (Å²) in [5.41, 5.74) is 7.80. The van der Waals surface area contributed by atoms with E-state index in [1.807, 2.05) is 18.2 Å². The highest BCUT2D eigenvalue weighted by atomic mass is 16.4. The third kappa shape index (κ3) is 8.54. The summed E-state index contributed by atoms with van der Waals surface area (Å²) in [6, 6.07) is 7.77. The molecule has 0 aliphatic rings. The van der Waals surface area contributed by atoms with E-state index in [4.69, 9.17) is 5.73 Å². The Balaban J connectivity index is 1.88. The highest BCUT2D eigenvalue weighted by Crippen LogP contribution is 2.20. The van der Waals surface area contributed by atoms with E-state index in [1.165, 1.54) is 24.3 Å². The fraction of sp³-hybridized carbons (Fsp3) is 0.345. The van der Waals surface area contributed by atoms with E-state index in [9.17, 15) is 39.3 Å². The number of carboxylic acids is 2. The lowest BCUT2D eigenvalue weighted by atomic mass is 10.0. The predicted molar refractivity (Wildman–Crippen MR) is 152 cm³/mol. The van der Waals surface area contributed by atoms with Crippen molar-refractivity contribution in [1.82, 2.24) is 20.9 Å². The third-order valence-electron chi connectivity index (χ3n) is 6.76. The highest BCUT2D eigenvalue weighted by molar-refractivity contribution is 5.96. The number of carboxylic acid groups (broad SMARTS) is 2. The topological polar surface area (TPSA) is 224 Å². The quantitative estimate of drug-likeness (QED) is 0.134. The third-order valence-corrected chi connectivity index (χ3v) is 6.76. The molecule has 4 unspecified atom stereocenters. The number of para-hydroxylation sites is 1. The van der Waals surface area contributed by atoms with Gasteiger partial charge < -0.3 is 42.0 Å². The van der Waals surface area contributed by atoms with Gasteiger partial charge >= 0.3 is 11.9 Å². The Morgan fingerprint density at radius 3 is 2.02 bits per heavy atom. The van der Waals surface area contributed by atoms with Crippen LogP contribution in [0.3, 0.4) is 0 Å². The van der Waals surface area contributed by atoms with E-state index in [0.717, 1.165) is 10.9 Å². The van der Waals surface area contributed by atoms with Crippen LogP contribution in [-0.4, -0.2) is 74.1 Å². The van der Waals surface area contributed by atoms with Gasteiger partial charge in [-0.25, -0.2) is 4.79 Å². The number of aromatic amines is 1. The summed E-state index contributed by atoms with van der Waals surface area (Å²) >= 11 is 0. The molecule has 1 aromatic heterocycles. The van der Waals surface area contributed by atoms with Gasteiger partial charge in [0, 0.05) is 29.9 Å². The monoisotopic (exact) mass is 581 g/mol. The SMILES string of the molecule is CC(C)C(N)C(=O)NC(CC(=O)O)C(=O)NC(Cc1c[nH]c2ccccc12)C(=O)NC(Cc1ccc(O)cc1)C(=O)O. The molecule has 224 valence electrons. The number of phenolic OH excluding ortho intramolecular Hbond substituents is 1. The number of carbonyl (C=O) groups excluding carboxylic acids is 3. The zero-order valence-electron chi connectivity index (χ0n) is 23.2. The Morgan fingerprint density at radius 2 is 1.40 bits per heavy atom. The van der Waals surface area contributed by atoms with E-state index >= 15 is 0 Å². The van der Waals surface area contributed by atoms with Crippen molar-refractivity contribution in [2.75, 3.05) is 0 Å². The summed E-state index contributed by atoms with van der Waals surface area (Å²) < 4.78 is 0. The van der Waals surface area contributed by atoms with Crippen LogP contribution in [0.15, 0.2) is 54.7 Å². The average molecular weight is 582 g/mol. The van der Waals surface area contributed by atoms with Gasteiger partial charge in [0.25, 0.3) is 0 Å². The smallest absolute Gasteiger partial charge is 0.326 e. The summed E-state index contributed by atoms with van der Waals surface area (Å²) in [6.07, 6.45) is 0.690. The minimum absolute atomic E-state index is 0.00600. The number of rotatable bonds is 14. The van der Waals surface area contributed by atoms with Crippen LogP contribution in [-0.2, 0) is 36.8 Å². The van der Waals surface area contributed by atoms with E-state index in [-0.39, 0.29) is 24.5 Å². The molecule has 0 aliphatic carbocycles. The lowest BCUT2D eigenvalue weighted by Gasteiger charge is -2.25. The van der Waals surface area contributed by atoms with Gasteiger partial charge in [-0.1, -0.05) is 44.2 Å². The van der Waals surface area contributed by atoms with Crippen LogP contribution < -0.4 is 21.7 Å². The maximum atomic E-state index is 13.5. The van der Waals surface area contributed by atoms with Crippen molar-refractivity contribution < 1.29 is 39.3 Å². The molecule has 3 aromatic rings. The summed E-state index contributed by atoms with van der Waals surface area (Å²) in [5, 5.41) is 36.8. The van der Waals surface area contributed by atoms with E-state index in [0.29, 0.717) is 11.1 Å². The number of nitrogens with two attached hydrogens (primary N) is 1. The molecule has 1 heterocycles. The number of aliphatic carboxylic acids is 2. The van der Waals surface area contributed by atoms with Gasteiger partial charge in [-0.15, -0.1) is 0 Å². The van der Waals surface area contributed by atoms with Crippen LogP contribution in [0.5, 0.6) is 5.75 Å². The molecule has 42 heavy (non-hydrogen) atoms. The molecule has 0 saturated heterocycles. The fourth-order valence-electron chi connectivity index (χ4n) is 4.30. The molecule has 0 saturated carbocycles. The number of hydrogen-bond acceptors (Lipinski definition) is 7. The summed E-state index contributed by atoms with van der Waals surface area (Å²) in [7, 11) is 0. The maximum Gasteiger partial charge on any atom is 0.326 e. The van der Waals surface area contributed by atoms with Gasteiger partial charge in [-0.3, -0.25) is 19.2 Å². The van der Waals surface area contributed by atoms with Crippen LogP contribution in [0.2, 0.25) is 0 Å². The lowest BCUT2D eigenvalue weighted by molar-refractivity contribution is -0.143. The van der Waals surface area contributed by atoms with Crippen molar-refractivity contribution in [1.29, 1.82) is 0 Å². The first kappa shape index (κ1) is 31.6. The number of aromatic nitrogens is 1. The molecule has 3 amide bonds. The number of hydrogen-bond donors (Lipinski definition) is 8. The first-order valence-electron chi connectivity index (χ1n) is 13.3. The molecule has 2 aromatic carbocycles. The second kappa shape index (κ2) is 14.1. The van der Waals surface area contributed by atoms with E-state index in [1.54, 1.807) is 26.1 Å². The Labute approximate surface area is 241 Å². The van der Waals surface area contributed by atoms with Gasteiger partial charge in [0.15, 0.2) is 0 Å². The van der Waals surface area contributed by atoms with Gasteiger partial charge in [0.1, 0.15) is 23.9 Å². The maximum absolute atomic E-state index is 13.5. The zero-order chi connectivity index (χ0) is 31.0. The van der Waals surface area contributed by atoms with Crippen LogP contribution in [0.25, 0.3) is 10.9 Å². The molecule has 0 aliphatic heterocycles. The van der Waals surface area contributed by atoms with E-state index in [2.05, 4.69) is 20.9 Å². The Bertz CT molecular complexity index is 1440. The molecule has 4 atom stereocenters. The average Bonchev–Trinajstić information content (AvgIpc) is 3.34. The van der Waals surface area contributed by atoms with Crippen LogP contribution >= 0.6 is 0 Å². The number of H-pyrrole nitrogens is 1. The molecule has 0 spiro atoms. The molecule has 13 nitrogen and oxygen atoms in total. The second-order valence-electron chi connectivity index (χ2n) is 10.3. The summed E-state index contributed by atoms with van der Waals surface area (Å²) in [4.78, 5) is 66.0. The van der Waals surface area contributed by atoms with Crippen molar-refractivity contribution in [3.05, 3.63) is 65.9 Å².